The third-order valence-corrected chi connectivity index (χ3v) is 2.69. The number of hydrogen-bond acceptors (Lipinski definition) is 3. The molecular weight excluding hydrogens is 231 g/mol. The summed E-state index contributed by atoms with van der Waals surface area (Å²) in [6.45, 7) is 0.638. The Morgan fingerprint density at radius 3 is 2.83 bits per heavy atom. The summed E-state index contributed by atoms with van der Waals surface area (Å²) in [6.07, 6.45) is 3.69. The minimum absolute atomic E-state index is 0.0635. The van der Waals surface area contributed by atoms with Gasteiger partial charge in [-0.3, -0.25) is 4.68 Å². The average Bonchev–Trinajstić information content (AvgIpc) is 2.74. The lowest BCUT2D eigenvalue weighted by Crippen LogP contribution is -2.16. The van der Waals surface area contributed by atoms with E-state index in [1.54, 1.807) is 16.9 Å². The minimum atomic E-state index is -0.493. The number of anilines is 1. The van der Waals surface area contributed by atoms with Gasteiger partial charge >= 0.3 is 0 Å². The summed E-state index contributed by atoms with van der Waals surface area (Å²) < 4.78 is 15.2. The van der Waals surface area contributed by atoms with Gasteiger partial charge in [-0.05, 0) is 18.2 Å². The Hall–Kier alpha value is -2.35. The summed E-state index contributed by atoms with van der Waals surface area (Å²) in [7, 11) is 3.72. The first-order chi connectivity index (χ1) is 8.60. The fraction of sp³-hybridized carbons (Fsp3) is 0.231. The Morgan fingerprint density at radius 1 is 1.50 bits per heavy atom. The fourth-order valence-corrected chi connectivity index (χ4v) is 1.75. The van der Waals surface area contributed by atoms with Crippen molar-refractivity contribution in [2.45, 2.75) is 6.54 Å². The third kappa shape index (κ3) is 2.48. The zero-order chi connectivity index (χ0) is 13.1. The molecule has 0 amide bonds. The lowest BCUT2D eigenvalue weighted by Gasteiger charge is -2.18. The highest BCUT2D eigenvalue weighted by Gasteiger charge is 2.07. The molecule has 0 aliphatic rings. The molecule has 0 N–H and O–H groups in total. The second kappa shape index (κ2) is 4.88. The van der Waals surface area contributed by atoms with Crippen molar-refractivity contribution >= 4 is 5.69 Å². The molecule has 1 aromatic carbocycles. The molecule has 1 aromatic heterocycles. The van der Waals surface area contributed by atoms with Gasteiger partial charge in [0, 0.05) is 38.1 Å². The van der Waals surface area contributed by atoms with Crippen LogP contribution in [0.3, 0.4) is 0 Å². The SMILES string of the molecule is CN(Cc1cnn(C)c1)c1ccc(C#N)c(F)c1. The van der Waals surface area contributed by atoms with E-state index in [2.05, 4.69) is 5.10 Å². The Morgan fingerprint density at radius 2 is 2.28 bits per heavy atom. The fourth-order valence-electron chi connectivity index (χ4n) is 1.75. The molecule has 0 bridgehead atoms. The van der Waals surface area contributed by atoms with Crippen molar-refractivity contribution in [2.24, 2.45) is 7.05 Å². The third-order valence-electron chi connectivity index (χ3n) is 2.69. The monoisotopic (exact) mass is 244 g/mol. The molecule has 2 rings (SSSR count). The summed E-state index contributed by atoms with van der Waals surface area (Å²) in [5.41, 5.74) is 1.84. The van der Waals surface area contributed by atoms with Crippen molar-refractivity contribution < 1.29 is 4.39 Å². The maximum atomic E-state index is 13.5. The van der Waals surface area contributed by atoms with Crippen LogP contribution in [0.4, 0.5) is 10.1 Å². The van der Waals surface area contributed by atoms with Gasteiger partial charge in [0.25, 0.3) is 0 Å². The first kappa shape index (κ1) is 12.1. The molecule has 2 aromatic rings. The van der Waals surface area contributed by atoms with E-state index in [1.807, 2.05) is 31.3 Å². The van der Waals surface area contributed by atoms with Crippen LogP contribution < -0.4 is 4.90 Å². The van der Waals surface area contributed by atoms with E-state index in [0.29, 0.717) is 6.54 Å². The molecule has 1 heterocycles. The maximum absolute atomic E-state index is 13.5. The molecule has 0 aliphatic heterocycles. The smallest absolute Gasteiger partial charge is 0.143 e. The second-order valence-electron chi connectivity index (χ2n) is 4.15. The van der Waals surface area contributed by atoms with E-state index >= 15 is 0 Å². The molecule has 0 atom stereocenters. The maximum Gasteiger partial charge on any atom is 0.143 e. The highest BCUT2D eigenvalue weighted by molar-refractivity contribution is 5.50. The van der Waals surface area contributed by atoms with Crippen LogP contribution in [0.15, 0.2) is 30.6 Å². The van der Waals surface area contributed by atoms with Gasteiger partial charge in [-0.2, -0.15) is 10.4 Å². The van der Waals surface area contributed by atoms with Crippen molar-refractivity contribution in [1.82, 2.24) is 9.78 Å². The van der Waals surface area contributed by atoms with Crippen molar-refractivity contribution in [3.63, 3.8) is 0 Å². The summed E-state index contributed by atoms with van der Waals surface area (Å²) >= 11 is 0. The van der Waals surface area contributed by atoms with Crippen molar-refractivity contribution in [1.29, 1.82) is 5.26 Å². The molecule has 0 saturated heterocycles. The number of rotatable bonds is 3. The van der Waals surface area contributed by atoms with Crippen molar-refractivity contribution in [3.8, 4) is 6.07 Å². The lowest BCUT2D eigenvalue weighted by atomic mass is 10.2. The van der Waals surface area contributed by atoms with E-state index in [1.165, 1.54) is 12.1 Å². The van der Waals surface area contributed by atoms with Gasteiger partial charge in [0.1, 0.15) is 11.9 Å². The molecule has 0 fully saturated rings. The molecular formula is C13H13FN4. The van der Waals surface area contributed by atoms with Crippen LogP contribution >= 0.6 is 0 Å². The Bertz CT molecular complexity index is 597. The first-order valence-electron chi connectivity index (χ1n) is 5.48. The van der Waals surface area contributed by atoms with Crippen molar-refractivity contribution in [3.05, 3.63) is 47.5 Å². The Kier molecular flexibility index (Phi) is 3.28. The summed E-state index contributed by atoms with van der Waals surface area (Å²) in [5, 5.41) is 12.8. The molecule has 4 nitrogen and oxygen atoms in total. The molecule has 0 saturated carbocycles. The zero-order valence-corrected chi connectivity index (χ0v) is 10.3. The van der Waals surface area contributed by atoms with Crippen LogP contribution in [0.2, 0.25) is 0 Å². The molecule has 92 valence electrons. The van der Waals surface area contributed by atoms with Crippen LogP contribution in [0.1, 0.15) is 11.1 Å². The summed E-state index contributed by atoms with van der Waals surface area (Å²) in [4.78, 5) is 1.90. The number of aryl methyl sites for hydroxylation is 1. The average molecular weight is 244 g/mol. The van der Waals surface area contributed by atoms with Gasteiger partial charge in [-0.1, -0.05) is 0 Å². The topological polar surface area (TPSA) is 44.9 Å². The van der Waals surface area contributed by atoms with Crippen molar-refractivity contribution in [2.75, 3.05) is 11.9 Å². The van der Waals surface area contributed by atoms with Crippen LogP contribution in [-0.4, -0.2) is 16.8 Å². The highest BCUT2D eigenvalue weighted by Crippen LogP contribution is 2.18. The van der Waals surface area contributed by atoms with E-state index in [-0.39, 0.29) is 5.56 Å². The number of benzene rings is 1. The molecule has 0 spiro atoms. The Labute approximate surface area is 105 Å². The standard InChI is InChI=1S/C13H13FN4/c1-17(8-10-7-16-18(2)9-10)12-4-3-11(6-15)13(14)5-12/h3-5,7,9H,8H2,1-2H3. The minimum Gasteiger partial charge on any atom is -0.370 e. The summed E-state index contributed by atoms with van der Waals surface area (Å²) in [5.74, 6) is -0.493. The molecule has 0 radical (unpaired) electrons. The predicted molar refractivity (Wildman–Crippen MR) is 66.4 cm³/mol. The molecule has 5 heteroatoms. The number of halogens is 1. The predicted octanol–water partition coefficient (Wildman–Crippen LogP) is 2.07. The van der Waals surface area contributed by atoms with Gasteiger partial charge < -0.3 is 4.90 Å². The normalized spacial score (nSPS) is 10.1. The number of nitriles is 1. The lowest BCUT2D eigenvalue weighted by molar-refractivity contribution is 0.623. The Balaban J connectivity index is 2.16. The van der Waals surface area contributed by atoms with Gasteiger partial charge in [0.2, 0.25) is 0 Å². The largest absolute Gasteiger partial charge is 0.370 e. The number of aromatic nitrogens is 2. The van der Waals surface area contributed by atoms with Gasteiger partial charge in [0.05, 0.1) is 11.8 Å². The van der Waals surface area contributed by atoms with E-state index in [4.69, 9.17) is 5.26 Å². The zero-order valence-electron chi connectivity index (χ0n) is 10.3. The quantitative estimate of drug-likeness (QED) is 0.830. The van der Waals surface area contributed by atoms with Gasteiger partial charge in [-0.15, -0.1) is 0 Å². The van der Waals surface area contributed by atoms with E-state index < -0.39 is 5.82 Å². The summed E-state index contributed by atoms with van der Waals surface area (Å²) in [6, 6.07) is 6.40. The van der Waals surface area contributed by atoms with Crippen LogP contribution in [-0.2, 0) is 13.6 Å². The van der Waals surface area contributed by atoms with E-state index in [9.17, 15) is 4.39 Å². The van der Waals surface area contributed by atoms with Crippen LogP contribution in [0, 0.1) is 17.1 Å². The van der Waals surface area contributed by atoms with Crippen LogP contribution in [0.5, 0.6) is 0 Å². The van der Waals surface area contributed by atoms with Gasteiger partial charge in [0.15, 0.2) is 0 Å². The second-order valence-corrected chi connectivity index (χ2v) is 4.15. The van der Waals surface area contributed by atoms with Crippen LogP contribution in [0.25, 0.3) is 0 Å². The molecule has 0 aliphatic carbocycles. The number of nitrogens with zero attached hydrogens (tertiary/aromatic N) is 4. The molecule has 0 unspecified atom stereocenters. The first-order valence-corrected chi connectivity index (χ1v) is 5.48. The highest BCUT2D eigenvalue weighted by atomic mass is 19.1. The molecule has 18 heavy (non-hydrogen) atoms. The van der Waals surface area contributed by atoms with E-state index in [0.717, 1.165) is 11.3 Å². The number of hydrogen-bond donors (Lipinski definition) is 0. The van der Waals surface area contributed by atoms with Gasteiger partial charge in [-0.25, -0.2) is 4.39 Å².